The molecule has 1 fully saturated rings. The van der Waals surface area contributed by atoms with Crippen LogP contribution in [0.3, 0.4) is 0 Å². The summed E-state index contributed by atoms with van der Waals surface area (Å²) in [6.45, 7) is 0. The van der Waals surface area contributed by atoms with E-state index in [1.165, 1.54) is 0 Å². The number of aromatic nitrogens is 1. The van der Waals surface area contributed by atoms with Crippen molar-refractivity contribution >= 4 is 11.5 Å². The van der Waals surface area contributed by atoms with Gasteiger partial charge in [0.1, 0.15) is 5.78 Å². The number of hydrogen-bond donors (Lipinski definition) is 2. The maximum atomic E-state index is 12.1. The number of nitrogens with two attached hydrogens (primary N) is 2. The van der Waals surface area contributed by atoms with Crippen LogP contribution in [0.15, 0.2) is 18.5 Å². The Morgan fingerprint density at radius 2 is 2.29 bits per heavy atom. The summed E-state index contributed by atoms with van der Waals surface area (Å²) in [5.41, 5.74) is 13.2. The lowest BCUT2D eigenvalue weighted by molar-refractivity contribution is -0.123. The highest BCUT2D eigenvalue weighted by atomic mass is 16.1. The van der Waals surface area contributed by atoms with Crippen LogP contribution in [-0.4, -0.2) is 16.8 Å². The number of nitrogen functional groups attached to an aromatic ring is 1. The third-order valence-corrected chi connectivity index (χ3v) is 3.48. The Kier molecular flexibility index (Phi) is 3.74. The molecule has 92 valence electrons. The second-order valence-corrected chi connectivity index (χ2v) is 4.84. The van der Waals surface area contributed by atoms with Crippen LogP contribution in [0.25, 0.3) is 0 Å². The molecule has 17 heavy (non-hydrogen) atoms. The van der Waals surface area contributed by atoms with Gasteiger partial charge in [0.2, 0.25) is 0 Å². The highest BCUT2D eigenvalue weighted by Crippen LogP contribution is 2.25. The highest BCUT2D eigenvalue weighted by Gasteiger charge is 2.25. The number of Topliss-reactive ketones (excluding diaryl/α,β-unsaturated/α-hetero) is 1. The molecule has 4 N–H and O–H groups in total. The molecule has 0 bridgehead atoms. The van der Waals surface area contributed by atoms with E-state index < -0.39 is 0 Å². The molecular weight excluding hydrogens is 214 g/mol. The maximum Gasteiger partial charge on any atom is 0.140 e. The lowest BCUT2D eigenvalue weighted by Gasteiger charge is -2.25. The minimum atomic E-state index is 0.110. The van der Waals surface area contributed by atoms with E-state index in [-0.39, 0.29) is 17.7 Å². The molecule has 0 spiro atoms. The smallest absolute Gasteiger partial charge is 0.140 e. The van der Waals surface area contributed by atoms with Crippen molar-refractivity contribution in [1.82, 2.24) is 4.98 Å². The number of pyridine rings is 1. The molecule has 0 saturated heterocycles. The quantitative estimate of drug-likeness (QED) is 0.824. The minimum absolute atomic E-state index is 0.110. The van der Waals surface area contributed by atoms with Crippen LogP contribution in [0.4, 0.5) is 5.69 Å². The van der Waals surface area contributed by atoms with Gasteiger partial charge in [-0.25, -0.2) is 0 Å². The molecular formula is C13H19N3O. The number of anilines is 1. The number of hydrogen-bond acceptors (Lipinski definition) is 4. The van der Waals surface area contributed by atoms with E-state index in [1.54, 1.807) is 18.5 Å². The maximum absolute atomic E-state index is 12.1. The Morgan fingerprint density at radius 3 is 3.00 bits per heavy atom. The summed E-state index contributed by atoms with van der Waals surface area (Å²) in [5.74, 6) is 0.359. The highest BCUT2D eigenvalue weighted by molar-refractivity contribution is 5.84. The van der Waals surface area contributed by atoms with Gasteiger partial charge in [0, 0.05) is 42.0 Å². The molecule has 2 rings (SSSR count). The van der Waals surface area contributed by atoms with E-state index in [4.69, 9.17) is 11.5 Å². The van der Waals surface area contributed by atoms with Gasteiger partial charge in [-0.1, -0.05) is 6.42 Å². The average molecular weight is 233 g/mol. The van der Waals surface area contributed by atoms with Crippen LogP contribution < -0.4 is 11.5 Å². The van der Waals surface area contributed by atoms with Crippen LogP contribution in [0, 0.1) is 5.92 Å². The first-order valence-electron chi connectivity index (χ1n) is 6.13. The van der Waals surface area contributed by atoms with Crippen LogP contribution in [0.1, 0.15) is 31.2 Å². The van der Waals surface area contributed by atoms with E-state index in [0.717, 1.165) is 31.2 Å². The standard InChI is InChI=1S/C13H19N3O/c14-11-3-1-2-9(6-11)13(17)7-10-8-16-5-4-12(10)15/h4-5,8-9,11H,1-3,6-7,14H2,(H2,15,16). The van der Waals surface area contributed by atoms with Crippen molar-refractivity contribution in [3.05, 3.63) is 24.0 Å². The summed E-state index contributed by atoms with van der Waals surface area (Å²) in [4.78, 5) is 16.1. The molecule has 4 heteroatoms. The molecule has 1 aromatic rings. The Hall–Kier alpha value is -1.42. The van der Waals surface area contributed by atoms with Crippen molar-refractivity contribution in [3.63, 3.8) is 0 Å². The van der Waals surface area contributed by atoms with E-state index in [2.05, 4.69) is 4.98 Å². The van der Waals surface area contributed by atoms with Crippen molar-refractivity contribution in [2.45, 2.75) is 38.1 Å². The van der Waals surface area contributed by atoms with Gasteiger partial charge in [-0.15, -0.1) is 0 Å². The summed E-state index contributed by atoms with van der Waals surface area (Å²) in [5, 5.41) is 0. The third-order valence-electron chi connectivity index (χ3n) is 3.48. The molecule has 0 amide bonds. The second-order valence-electron chi connectivity index (χ2n) is 4.84. The average Bonchev–Trinajstić information content (AvgIpc) is 2.32. The van der Waals surface area contributed by atoms with Gasteiger partial charge in [-0.2, -0.15) is 0 Å². The van der Waals surface area contributed by atoms with Gasteiger partial charge in [0.15, 0.2) is 0 Å². The van der Waals surface area contributed by atoms with Gasteiger partial charge >= 0.3 is 0 Å². The fourth-order valence-corrected chi connectivity index (χ4v) is 2.44. The number of carbonyl (C=O) groups is 1. The van der Waals surface area contributed by atoms with Crippen LogP contribution in [0.5, 0.6) is 0 Å². The monoisotopic (exact) mass is 233 g/mol. The topological polar surface area (TPSA) is 82.0 Å². The van der Waals surface area contributed by atoms with Crippen molar-refractivity contribution in [2.24, 2.45) is 11.7 Å². The summed E-state index contributed by atoms with van der Waals surface area (Å²) in [7, 11) is 0. The fourth-order valence-electron chi connectivity index (χ4n) is 2.44. The summed E-state index contributed by atoms with van der Waals surface area (Å²) >= 11 is 0. The first kappa shape index (κ1) is 12.0. The predicted molar refractivity (Wildman–Crippen MR) is 67.3 cm³/mol. The normalized spacial score (nSPS) is 24.5. The largest absolute Gasteiger partial charge is 0.398 e. The van der Waals surface area contributed by atoms with E-state index in [0.29, 0.717) is 12.1 Å². The van der Waals surface area contributed by atoms with Gasteiger partial charge in [0.05, 0.1) is 0 Å². The minimum Gasteiger partial charge on any atom is -0.398 e. The zero-order chi connectivity index (χ0) is 12.3. The van der Waals surface area contributed by atoms with E-state index in [9.17, 15) is 4.79 Å². The van der Waals surface area contributed by atoms with Gasteiger partial charge in [-0.05, 0) is 25.3 Å². The second kappa shape index (κ2) is 5.27. The van der Waals surface area contributed by atoms with Crippen LogP contribution in [-0.2, 0) is 11.2 Å². The van der Waals surface area contributed by atoms with Crippen molar-refractivity contribution in [1.29, 1.82) is 0 Å². The Morgan fingerprint density at radius 1 is 1.47 bits per heavy atom. The van der Waals surface area contributed by atoms with Crippen molar-refractivity contribution < 1.29 is 4.79 Å². The van der Waals surface area contributed by atoms with Crippen LogP contribution in [0.2, 0.25) is 0 Å². The van der Waals surface area contributed by atoms with E-state index in [1.807, 2.05) is 0 Å². The molecule has 1 aliphatic carbocycles. The Balaban J connectivity index is 1.99. The van der Waals surface area contributed by atoms with E-state index >= 15 is 0 Å². The molecule has 0 radical (unpaired) electrons. The fraction of sp³-hybridized carbons (Fsp3) is 0.538. The van der Waals surface area contributed by atoms with Gasteiger partial charge < -0.3 is 11.5 Å². The molecule has 4 nitrogen and oxygen atoms in total. The first-order chi connectivity index (χ1) is 8.16. The van der Waals surface area contributed by atoms with Crippen molar-refractivity contribution in [3.8, 4) is 0 Å². The molecule has 1 heterocycles. The first-order valence-corrected chi connectivity index (χ1v) is 6.13. The third kappa shape index (κ3) is 3.03. The number of carbonyl (C=O) groups excluding carboxylic acids is 1. The SMILES string of the molecule is Nc1ccncc1CC(=O)C1CCCC(N)C1. The van der Waals surface area contributed by atoms with Gasteiger partial charge in [-0.3, -0.25) is 9.78 Å². The molecule has 1 saturated carbocycles. The lowest BCUT2D eigenvalue weighted by Crippen LogP contribution is -2.32. The predicted octanol–water partition coefficient (Wildman–Crippen LogP) is 1.29. The number of rotatable bonds is 3. The molecule has 0 aliphatic heterocycles. The molecule has 1 aliphatic rings. The molecule has 1 aromatic heterocycles. The van der Waals surface area contributed by atoms with Crippen molar-refractivity contribution in [2.75, 3.05) is 5.73 Å². The Labute approximate surface area is 101 Å². The molecule has 0 aromatic carbocycles. The summed E-state index contributed by atoms with van der Waals surface area (Å²) in [6.07, 6.45) is 7.58. The molecule has 2 unspecified atom stereocenters. The summed E-state index contributed by atoms with van der Waals surface area (Å²) in [6, 6.07) is 1.92. The van der Waals surface area contributed by atoms with Crippen LogP contribution >= 0.6 is 0 Å². The Bertz CT molecular complexity index is 405. The number of ketones is 1. The van der Waals surface area contributed by atoms with Gasteiger partial charge in [0.25, 0.3) is 0 Å². The zero-order valence-corrected chi connectivity index (χ0v) is 9.93. The number of nitrogens with zero attached hydrogens (tertiary/aromatic N) is 1. The summed E-state index contributed by atoms with van der Waals surface area (Å²) < 4.78 is 0. The zero-order valence-electron chi connectivity index (χ0n) is 9.93. The molecule has 2 atom stereocenters. The lowest BCUT2D eigenvalue weighted by atomic mass is 9.82.